The van der Waals surface area contributed by atoms with Gasteiger partial charge in [0.1, 0.15) is 0 Å². The van der Waals surface area contributed by atoms with Crippen LogP contribution in [0.5, 0.6) is 0 Å². The number of sulfonamides is 1. The number of nitrogens with zero attached hydrogens (tertiary/aromatic N) is 3. The van der Waals surface area contributed by atoms with Crippen LogP contribution in [0.4, 0.5) is 5.69 Å². The van der Waals surface area contributed by atoms with Crippen molar-refractivity contribution in [1.82, 2.24) is 13.8 Å². The third-order valence-corrected chi connectivity index (χ3v) is 7.15. The first-order chi connectivity index (χ1) is 14.7. The molecule has 0 spiro atoms. The zero-order chi connectivity index (χ0) is 22.6. The van der Waals surface area contributed by atoms with Gasteiger partial charge in [0.2, 0.25) is 21.8 Å². The molecule has 0 unspecified atom stereocenters. The molecule has 1 saturated carbocycles. The Morgan fingerprint density at radius 2 is 1.84 bits per heavy atom. The molecule has 2 amide bonds. The average molecular weight is 447 g/mol. The van der Waals surface area contributed by atoms with E-state index < -0.39 is 10.0 Å². The Kier molecular flexibility index (Phi) is 7.17. The number of hydrogen-bond acceptors (Lipinski definition) is 4. The number of anilines is 1. The first-order valence-corrected chi connectivity index (χ1v) is 11.9. The summed E-state index contributed by atoms with van der Waals surface area (Å²) in [6.07, 6.45) is 4.42. The molecule has 0 atom stereocenters. The van der Waals surface area contributed by atoms with Gasteiger partial charge in [-0.3, -0.25) is 9.59 Å². The highest BCUT2D eigenvalue weighted by molar-refractivity contribution is 7.89. The van der Waals surface area contributed by atoms with E-state index in [9.17, 15) is 18.0 Å². The standard InChI is InChI=1S/C22H30N4O4S/c1-4-13-25(31(29,30)21-11-7-18(8-12-21)23-17(2)27)16-22(28)26(19-9-10-19)15-20-6-5-14-24(20)3/h5-8,11-12,14,19H,4,9-10,13,15-16H2,1-3H3,(H,23,27). The molecule has 1 heterocycles. The van der Waals surface area contributed by atoms with Crippen LogP contribution in [0.3, 0.4) is 0 Å². The summed E-state index contributed by atoms with van der Waals surface area (Å²) in [7, 11) is -1.91. The Hall–Kier alpha value is -2.65. The van der Waals surface area contributed by atoms with Crippen LogP contribution in [0, 0.1) is 0 Å². The number of carbonyl (C=O) groups is 2. The van der Waals surface area contributed by atoms with Crippen molar-refractivity contribution < 1.29 is 18.0 Å². The predicted molar refractivity (Wildman–Crippen MR) is 119 cm³/mol. The van der Waals surface area contributed by atoms with Crippen LogP contribution in [0.1, 0.15) is 38.8 Å². The predicted octanol–water partition coefficient (Wildman–Crippen LogP) is 2.58. The fourth-order valence-corrected chi connectivity index (χ4v) is 4.96. The first kappa shape index (κ1) is 23.0. The van der Waals surface area contributed by atoms with Crippen molar-refractivity contribution in [3.8, 4) is 0 Å². The maximum Gasteiger partial charge on any atom is 0.243 e. The van der Waals surface area contributed by atoms with Crippen molar-refractivity contribution >= 4 is 27.5 Å². The van der Waals surface area contributed by atoms with Crippen LogP contribution in [0.25, 0.3) is 0 Å². The lowest BCUT2D eigenvalue weighted by Crippen LogP contribution is -2.44. The molecule has 2 aromatic rings. The second-order valence-electron chi connectivity index (χ2n) is 7.91. The molecule has 3 rings (SSSR count). The Morgan fingerprint density at radius 1 is 1.16 bits per heavy atom. The van der Waals surface area contributed by atoms with E-state index >= 15 is 0 Å². The molecule has 1 fully saturated rings. The zero-order valence-electron chi connectivity index (χ0n) is 18.2. The van der Waals surface area contributed by atoms with E-state index in [1.165, 1.54) is 23.4 Å². The fraction of sp³-hybridized carbons (Fsp3) is 0.455. The molecule has 1 aliphatic carbocycles. The van der Waals surface area contributed by atoms with Crippen LogP contribution in [-0.4, -0.2) is 53.1 Å². The van der Waals surface area contributed by atoms with Gasteiger partial charge >= 0.3 is 0 Å². The van der Waals surface area contributed by atoms with E-state index in [1.54, 1.807) is 17.0 Å². The van der Waals surface area contributed by atoms with Crippen LogP contribution >= 0.6 is 0 Å². The maximum absolute atomic E-state index is 13.2. The molecule has 168 valence electrons. The number of aryl methyl sites for hydroxylation is 1. The topological polar surface area (TPSA) is 91.7 Å². The molecule has 0 bridgehead atoms. The van der Waals surface area contributed by atoms with Gasteiger partial charge in [-0.15, -0.1) is 0 Å². The minimum absolute atomic E-state index is 0.100. The third kappa shape index (κ3) is 5.74. The molecule has 8 nitrogen and oxygen atoms in total. The number of nitrogens with one attached hydrogen (secondary N) is 1. The minimum atomic E-state index is -3.84. The summed E-state index contributed by atoms with van der Waals surface area (Å²) in [5.41, 5.74) is 1.53. The summed E-state index contributed by atoms with van der Waals surface area (Å²) in [6.45, 7) is 3.81. The lowest BCUT2D eigenvalue weighted by Gasteiger charge is -2.27. The van der Waals surface area contributed by atoms with Gasteiger partial charge in [-0.1, -0.05) is 6.92 Å². The van der Waals surface area contributed by atoms with Gasteiger partial charge in [-0.25, -0.2) is 8.42 Å². The molecule has 9 heteroatoms. The second-order valence-corrected chi connectivity index (χ2v) is 9.85. The summed E-state index contributed by atoms with van der Waals surface area (Å²) in [6, 6.07) is 10.1. The van der Waals surface area contributed by atoms with Crippen LogP contribution < -0.4 is 5.32 Å². The van der Waals surface area contributed by atoms with E-state index in [0.29, 0.717) is 18.7 Å². The highest BCUT2D eigenvalue weighted by Crippen LogP contribution is 2.29. The number of benzene rings is 1. The van der Waals surface area contributed by atoms with Gasteiger partial charge in [-0.2, -0.15) is 4.31 Å². The van der Waals surface area contributed by atoms with Crippen molar-refractivity contribution in [3.63, 3.8) is 0 Å². The van der Waals surface area contributed by atoms with Gasteiger partial charge in [0.15, 0.2) is 0 Å². The molecule has 1 aliphatic rings. The Balaban J connectivity index is 1.77. The van der Waals surface area contributed by atoms with Gasteiger partial charge in [-0.05, 0) is 55.7 Å². The van der Waals surface area contributed by atoms with Crippen LogP contribution in [0.2, 0.25) is 0 Å². The number of amides is 2. The third-order valence-electron chi connectivity index (χ3n) is 5.29. The summed E-state index contributed by atoms with van der Waals surface area (Å²) in [5, 5.41) is 2.62. The monoisotopic (exact) mass is 446 g/mol. The molecule has 0 saturated heterocycles. The smallest absolute Gasteiger partial charge is 0.243 e. The van der Waals surface area contributed by atoms with Gasteiger partial charge in [0, 0.05) is 44.1 Å². The van der Waals surface area contributed by atoms with Crippen molar-refractivity contribution in [2.75, 3.05) is 18.4 Å². The Labute approximate surface area is 183 Å². The summed E-state index contributed by atoms with van der Waals surface area (Å²) < 4.78 is 29.7. The van der Waals surface area contributed by atoms with Gasteiger partial charge in [0.05, 0.1) is 18.0 Å². The average Bonchev–Trinajstić information content (AvgIpc) is 3.47. The molecule has 0 aliphatic heterocycles. The Morgan fingerprint density at radius 3 is 2.35 bits per heavy atom. The largest absolute Gasteiger partial charge is 0.353 e. The maximum atomic E-state index is 13.2. The molecule has 1 aromatic carbocycles. The lowest BCUT2D eigenvalue weighted by atomic mass is 10.3. The minimum Gasteiger partial charge on any atom is -0.353 e. The van der Waals surface area contributed by atoms with Crippen molar-refractivity contribution in [2.24, 2.45) is 7.05 Å². The molecule has 1 aromatic heterocycles. The Bertz CT molecular complexity index is 1030. The molecular formula is C22H30N4O4S. The lowest BCUT2D eigenvalue weighted by molar-refractivity contribution is -0.132. The van der Waals surface area contributed by atoms with E-state index in [2.05, 4.69) is 5.32 Å². The van der Waals surface area contributed by atoms with Gasteiger partial charge in [0.25, 0.3) is 0 Å². The van der Waals surface area contributed by atoms with Crippen molar-refractivity contribution in [3.05, 3.63) is 48.3 Å². The molecule has 31 heavy (non-hydrogen) atoms. The summed E-state index contributed by atoms with van der Waals surface area (Å²) >= 11 is 0. The normalized spacial score (nSPS) is 13.9. The number of carbonyl (C=O) groups excluding carboxylic acids is 2. The number of rotatable bonds is 10. The fourth-order valence-electron chi connectivity index (χ4n) is 3.48. The number of hydrogen-bond donors (Lipinski definition) is 1. The first-order valence-electron chi connectivity index (χ1n) is 10.5. The SMILES string of the molecule is CCCN(CC(=O)N(Cc1cccn1C)C1CC1)S(=O)(=O)c1ccc(NC(C)=O)cc1. The highest BCUT2D eigenvalue weighted by atomic mass is 32.2. The van der Waals surface area contributed by atoms with E-state index in [1.807, 2.05) is 36.9 Å². The number of aromatic nitrogens is 1. The highest BCUT2D eigenvalue weighted by Gasteiger charge is 2.35. The zero-order valence-corrected chi connectivity index (χ0v) is 19.1. The van der Waals surface area contributed by atoms with E-state index in [4.69, 9.17) is 0 Å². The summed E-state index contributed by atoms with van der Waals surface area (Å²) in [4.78, 5) is 26.3. The molecule has 1 N–H and O–H groups in total. The molecule has 0 radical (unpaired) electrons. The van der Waals surface area contributed by atoms with E-state index in [0.717, 1.165) is 18.5 Å². The van der Waals surface area contributed by atoms with Crippen molar-refractivity contribution in [2.45, 2.75) is 50.6 Å². The van der Waals surface area contributed by atoms with Gasteiger partial charge < -0.3 is 14.8 Å². The second kappa shape index (κ2) is 9.65. The molecular weight excluding hydrogens is 416 g/mol. The summed E-state index contributed by atoms with van der Waals surface area (Å²) in [5.74, 6) is -0.414. The van der Waals surface area contributed by atoms with Crippen molar-refractivity contribution in [1.29, 1.82) is 0 Å². The van der Waals surface area contributed by atoms with Crippen LogP contribution in [-0.2, 0) is 33.2 Å². The quantitative estimate of drug-likeness (QED) is 0.607. The van der Waals surface area contributed by atoms with E-state index in [-0.39, 0.29) is 35.8 Å². The van der Waals surface area contributed by atoms with Crippen LogP contribution in [0.15, 0.2) is 47.5 Å².